The van der Waals surface area contributed by atoms with E-state index in [-0.39, 0.29) is 0 Å². The maximum Gasteiger partial charge on any atom is 0.490 e. The number of likely N-dealkylation sites (tertiary alicyclic amines) is 2. The fraction of sp³-hybridized carbons (Fsp3) is 0.905. The zero-order valence-electron chi connectivity index (χ0n) is 19.8. The normalized spacial score (nSPS) is 23.5. The summed E-state index contributed by atoms with van der Waals surface area (Å²) in [4.78, 5) is 26.0. The predicted molar refractivity (Wildman–Crippen MR) is 121 cm³/mol. The molecule has 0 bridgehead atoms. The fourth-order valence-electron chi connectivity index (χ4n) is 4.36. The van der Waals surface area contributed by atoms with E-state index in [9.17, 15) is 26.3 Å². The van der Waals surface area contributed by atoms with Crippen molar-refractivity contribution in [2.45, 2.75) is 51.0 Å². The summed E-state index contributed by atoms with van der Waals surface area (Å²) >= 11 is 2.13. The topological polar surface area (TPSA) is 84.3 Å². The van der Waals surface area contributed by atoms with Crippen molar-refractivity contribution >= 4 is 23.7 Å². The van der Waals surface area contributed by atoms with Gasteiger partial charge in [-0.05, 0) is 57.8 Å². The van der Waals surface area contributed by atoms with Gasteiger partial charge in [0.05, 0.1) is 0 Å². The number of halogens is 6. The molecule has 3 fully saturated rings. The number of carbonyl (C=O) groups is 2. The van der Waals surface area contributed by atoms with Crippen molar-refractivity contribution in [1.82, 2.24) is 14.7 Å². The van der Waals surface area contributed by atoms with E-state index in [0.29, 0.717) is 0 Å². The lowest BCUT2D eigenvalue weighted by Gasteiger charge is -2.42. The second kappa shape index (κ2) is 15.1. The minimum atomic E-state index is -5.08. The van der Waals surface area contributed by atoms with E-state index < -0.39 is 24.3 Å². The molecule has 0 spiro atoms. The summed E-state index contributed by atoms with van der Waals surface area (Å²) in [6.07, 6.45) is -4.47. The maximum atomic E-state index is 10.6. The van der Waals surface area contributed by atoms with Gasteiger partial charge in [0.1, 0.15) is 0 Å². The number of nitrogens with zero attached hydrogens (tertiary/aromatic N) is 3. The molecule has 0 amide bonds. The lowest BCUT2D eigenvalue weighted by atomic mass is 9.95. The quantitative estimate of drug-likeness (QED) is 0.526. The highest BCUT2D eigenvalue weighted by molar-refractivity contribution is 7.99. The fourth-order valence-corrected chi connectivity index (χ4v) is 5.29. The molecule has 3 aliphatic heterocycles. The zero-order chi connectivity index (χ0) is 26.6. The second-order valence-corrected chi connectivity index (χ2v) is 9.91. The Morgan fingerprint density at radius 3 is 1.74 bits per heavy atom. The van der Waals surface area contributed by atoms with Gasteiger partial charge in [0.15, 0.2) is 0 Å². The van der Waals surface area contributed by atoms with Gasteiger partial charge in [0.25, 0.3) is 0 Å². The number of hydrogen-bond acceptors (Lipinski definition) is 6. The van der Waals surface area contributed by atoms with Gasteiger partial charge in [-0.1, -0.05) is 6.92 Å². The molecule has 0 aromatic heterocycles. The Kier molecular flexibility index (Phi) is 13.7. The molecule has 2 N–H and O–H groups in total. The van der Waals surface area contributed by atoms with E-state index in [1.807, 2.05) is 0 Å². The summed E-state index contributed by atoms with van der Waals surface area (Å²) in [6.45, 7) is 13.0. The number of alkyl halides is 6. The molecule has 3 rings (SSSR count). The number of aliphatic carboxylic acids is 2. The van der Waals surface area contributed by atoms with Gasteiger partial charge in [-0.2, -0.15) is 38.1 Å². The molecule has 35 heavy (non-hydrogen) atoms. The zero-order valence-corrected chi connectivity index (χ0v) is 20.6. The maximum absolute atomic E-state index is 10.6. The Balaban J connectivity index is 0.000000362. The molecule has 0 radical (unpaired) electrons. The Morgan fingerprint density at radius 1 is 0.829 bits per heavy atom. The number of carboxylic acid groups (broad SMARTS) is 2. The predicted octanol–water partition coefficient (Wildman–Crippen LogP) is 3.50. The molecule has 0 saturated carbocycles. The van der Waals surface area contributed by atoms with Crippen molar-refractivity contribution in [3.05, 3.63) is 0 Å². The van der Waals surface area contributed by atoms with E-state index >= 15 is 0 Å². The molecule has 0 aromatic rings. The van der Waals surface area contributed by atoms with E-state index in [1.54, 1.807) is 0 Å². The minimum absolute atomic E-state index is 0.889. The third-order valence-corrected chi connectivity index (χ3v) is 7.11. The molecular weight excluding hydrogens is 504 g/mol. The van der Waals surface area contributed by atoms with Gasteiger partial charge in [-0.25, -0.2) is 9.59 Å². The number of hydrogen-bond donors (Lipinski definition) is 2. The lowest BCUT2D eigenvalue weighted by Crippen LogP contribution is -2.49. The molecule has 1 unspecified atom stereocenters. The van der Waals surface area contributed by atoms with Crippen LogP contribution in [0.25, 0.3) is 0 Å². The number of thioether (sulfide) groups is 1. The van der Waals surface area contributed by atoms with Gasteiger partial charge in [-0.3, -0.25) is 4.90 Å². The number of piperidine rings is 2. The Morgan fingerprint density at radius 2 is 1.31 bits per heavy atom. The first-order valence-electron chi connectivity index (χ1n) is 11.6. The van der Waals surface area contributed by atoms with Crippen molar-refractivity contribution < 1.29 is 46.1 Å². The lowest BCUT2D eigenvalue weighted by molar-refractivity contribution is -0.193. The summed E-state index contributed by atoms with van der Waals surface area (Å²) in [5.41, 5.74) is 0. The second-order valence-electron chi connectivity index (χ2n) is 8.69. The van der Waals surface area contributed by atoms with Crippen LogP contribution in [0.3, 0.4) is 0 Å². The largest absolute Gasteiger partial charge is 0.490 e. The standard InChI is InChI=1S/C17H33N3S.2C2HF3O2/c1-2-18-7-3-4-16(14-18)15-19-8-5-17(6-9-19)20-10-12-21-13-11-20;2*3-2(4,5)1(6)7/h16-17H,2-15H2,1H3;2*(H,6,7). The van der Waals surface area contributed by atoms with E-state index in [1.165, 1.54) is 89.5 Å². The van der Waals surface area contributed by atoms with Crippen LogP contribution in [0.4, 0.5) is 26.3 Å². The third-order valence-electron chi connectivity index (χ3n) is 6.17. The SMILES string of the molecule is CCN1CCCC(CN2CCC(N3CCSCC3)CC2)C1.O=C(O)C(F)(F)F.O=C(O)C(F)(F)F. The molecule has 3 heterocycles. The van der Waals surface area contributed by atoms with E-state index in [4.69, 9.17) is 19.8 Å². The smallest absolute Gasteiger partial charge is 0.475 e. The highest BCUT2D eigenvalue weighted by Crippen LogP contribution is 2.23. The van der Waals surface area contributed by atoms with Gasteiger partial charge in [0, 0.05) is 43.7 Å². The van der Waals surface area contributed by atoms with Crippen LogP contribution in [0.1, 0.15) is 32.6 Å². The molecule has 3 aliphatic rings. The van der Waals surface area contributed by atoms with Crippen molar-refractivity contribution in [2.75, 3.05) is 63.9 Å². The Bertz CT molecular complexity index is 616. The summed E-state index contributed by atoms with van der Waals surface area (Å²) in [6, 6.07) is 0.889. The van der Waals surface area contributed by atoms with Gasteiger partial charge >= 0.3 is 24.3 Å². The molecule has 3 saturated heterocycles. The first kappa shape index (κ1) is 31.8. The van der Waals surface area contributed by atoms with Crippen LogP contribution in [0.2, 0.25) is 0 Å². The van der Waals surface area contributed by atoms with Crippen molar-refractivity contribution in [2.24, 2.45) is 5.92 Å². The third kappa shape index (κ3) is 13.0. The summed E-state index contributed by atoms with van der Waals surface area (Å²) in [5, 5.41) is 14.2. The van der Waals surface area contributed by atoms with E-state index in [0.717, 1.165) is 12.0 Å². The van der Waals surface area contributed by atoms with E-state index in [2.05, 4.69) is 33.4 Å². The summed E-state index contributed by atoms with van der Waals surface area (Å²) < 4.78 is 63.5. The van der Waals surface area contributed by atoms with Crippen molar-refractivity contribution in [3.63, 3.8) is 0 Å². The van der Waals surface area contributed by atoms with Crippen molar-refractivity contribution in [3.8, 4) is 0 Å². The van der Waals surface area contributed by atoms with Gasteiger partial charge in [-0.15, -0.1) is 0 Å². The highest BCUT2D eigenvalue weighted by atomic mass is 32.2. The molecule has 0 aliphatic carbocycles. The molecule has 7 nitrogen and oxygen atoms in total. The molecule has 1 atom stereocenters. The van der Waals surface area contributed by atoms with Gasteiger partial charge < -0.3 is 20.0 Å². The first-order chi connectivity index (χ1) is 16.2. The van der Waals surface area contributed by atoms with Crippen LogP contribution in [-0.2, 0) is 9.59 Å². The molecule has 14 heteroatoms. The van der Waals surface area contributed by atoms with Crippen LogP contribution >= 0.6 is 11.8 Å². The van der Waals surface area contributed by atoms with Crippen LogP contribution in [0, 0.1) is 5.92 Å². The molecular formula is C21H35F6N3O4S. The highest BCUT2D eigenvalue weighted by Gasteiger charge is 2.39. The Hall–Kier alpha value is -1.25. The summed E-state index contributed by atoms with van der Waals surface area (Å²) in [5.74, 6) is -1.87. The molecule has 206 valence electrons. The van der Waals surface area contributed by atoms with Crippen LogP contribution in [0.15, 0.2) is 0 Å². The first-order valence-corrected chi connectivity index (χ1v) is 12.8. The number of carboxylic acids is 2. The average Bonchev–Trinajstić information content (AvgIpc) is 2.80. The van der Waals surface area contributed by atoms with Crippen LogP contribution in [-0.4, -0.2) is 119 Å². The monoisotopic (exact) mass is 539 g/mol. The average molecular weight is 540 g/mol. The number of rotatable bonds is 4. The van der Waals surface area contributed by atoms with Gasteiger partial charge in [0.2, 0.25) is 0 Å². The summed E-state index contributed by atoms with van der Waals surface area (Å²) in [7, 11) is 0. The van der Waals surface area contributed by atoms with Crippen LogP contribution in [0.5, 0.6) is 0 Å². The van der Waals surface area contributed by atoms with Crippen molar-refractivity contribution in [1.29, 1.82) is 0 Å². The molecule has 0 aromatic carbocycles. The van der Waals surface area contributed by atoms with Crippen LogP contribution < -0.4 is 0 Å². The Labute approximate surface area is 205 Å². The minimum Gasteiger partial charge on any atom is -0.475 e.